The van der Waals surface area contributed by atoms with E-state index in [9.17, 15) is 80.9 Å². The van der Waals surface area contributed by atoms with Crippen molar-refractivity contribution in [3.05, 3.63) is 217 Å². The third-order valence-corrected chi connectivity index (χ3v) is 14.3. The molecule has 0 radical (unpaired) electrons. The Kier molecular flexibility index (Phi) is 21.0. The summed E-state index contributed by atoms with van der Waals surface area (Å²) in [6.45, 7) is 3.86. The smallest absolute Gasteiger partial charge is 0.645 e. The van der Waals surface area contributed by atoms with Crippen molar-refractivity contribution in [3.63, 3.8) is 0 Å². The Morgan fingerprint density at radius 1 is 0.333 bits per heavy atom. The zero-order chi connectivity index (χ0) is 63.8. The van der Waals surface area contributed by atoms with Crippen LogP contribution >= 0.6 is 92.8 Å². The van der Waals surface area contributed by atoms with E-state index in [-0.39, 0.29) is 30.3 Å². The average molecular weight is 1400 g/mol. The molecule has 2 N–H and O–H groups in total. The first-order valence-electron chi connectivity index (χ1n) is 23.0. The fourth-order valence-corrected chi connectivity index (χ4v) is 11.2. The van der Waals surface area contributed by atoms with Gasteiger partial charge in [0.2, 0.25) is 0 Å². The molecule has 2 aliphatic heterocycles. The van der Waals surface area contributed by atoms with Crippen LogP contribution in [-0.4, -0.2) is 72.8 Å². The number of aliphatic hydroxyl groups excluding tert-OH is 2. The van der Waals surface area contributed by atoms with E-state index in [1.807, 2.05) is 0 Å². The van der Waals surface area contributed by atoms with E-state index in [1.165, 1.54) is 0 Å². The van der Waals surface area contributed by atoms with Gasteiger partial charge in [-0.2, -0.15) is 0 Å². The topological polar surface area (TPSA) is 440 Å². The fourth-order valence-electron chi connectivity index (χ4n) is 8.89. The number of halogens is 8. The monoisotopic (exact) mass is 1390 g/mol. The number of aromatic nitrogens is 4. The van der Waals surface area contributed by atoms with Gasteiger partial charge in [0.05, 0.1) is 39.4 Å². The molecule has 0 amide bonds. The Hall–Kier alpha value is -8.56. The van der Waals surface area contributed by atoms with Crippen molar-refractivity contribution < 1.29 is 66.7 Å². The Labute approximate surface area is 531 Å². The van der Waals surface area contributed by atoms with E-state index >= 15 is 0 Å². The number of rotatable bonds is 12. The molecule has 5 heterocycles. The minimum Gasteiger partial charge on any atom is -0.645 e. The van der Waals surface area contributed by atoms with E-state index in [0.717, 1.165) is 72.8 Å². The summed E-state index contributed by atoms with van der Waals surface area (Å²) < 4.78 is 0. The molecule has 0 unspecified atom stereocenters. The van der Waals surface area contributed by atoms with Crippen LogP contribution in [0, 0.1) is 80.9 Å². The maximum absolute atomic E-state index is 13.7. The standard InChI is InChI=1S/C44H12Cl8N12O16.2C2H6O.Fe/c45-13-5-1-6-14(46)21(13)25-29-37(57(65)66)39(59(69)70)31(53-29)26(22-15(47)7-2-8-16(22)48)33-41(61(73)74)43(63(77)78)35(55-33)28(24-19(51)11-4-12-20(24)52)36-44(64(79)80)42(62(75)76)34(56-36)27(23-17(49)9-3-10-18(23)50)32-40(60(71)72)38(58(67)68)30(25)54-32;2*1-2-3;/h1-12H;2*3H,2H2,1H3;/q-2;;;+2. The van der Waals surface area contributed by atoms with Crippen LogP contribution in [0.2, 0.25) is 40.2 Å². The molecule has 2 aliphatic rings. The first-order valence-corrected chi connectivity index (χ1v) is 26.1. The SMILES string of the molecule is CCO.CCO.O=[N+]([O-])C1=C([N+](=O)[O-])c2nc1c(-c1c(Cl)cccc1Cl)c1[n-]c(c(-c3c(Cl)cccc3Cl)c3nc(c(-c4c(Cl)cccc4Cl)c4[n-]c(c2-c2c(Cl)cccc2Cl)c([N+](=O)[O-])c4[N+](=O)[O-])C([N+](=O)[O-])=C3[N+](=O)[O-])c([N+](=O)[O-])c1[N+](=O)[O-].[Fe+2]. The first kappa shape index (κ1) is 67.6. The van der Waals surface area contributed by atoms with E-state index in [0.29, 0.717) is 0 Å². The van der Waals surface area contributed by atoms with E-state index in [2.05, 4.69) is 19.9 Å². The summed E-state index contributed by atoms with van der Waals surface area (Å²) in [5, 5.41) is 119. The fraction of sp³-hybridized carbons (Fsp3) is 0.0833. The van der Waals surface area contributed by atoms with Gasteiger partial charge in [-0.3, -0.25) is 80.9 Å². The van der Waals surface area contributed by atoms with Crippen molar-refractivity contribution in [2.75, 3.05) is 13.2 Å². The van der Waals surface area contributed by atoms with Crippen LogP contribution in [0.25, 0.3) is 89.4 Å². The summed E-state index contributed by atoms with van der Waals surface area (Å²) in [5.74, 6) is 0. The van der Waals surface area contributed by atoms with Gasteiger partial charge in [0.25, 0.3) is 0 Å². The molecule has 0 spiro atoms. The summed E-state index contributed by atoms with van der Waals surface area (Å²) in [6.07, 6.45) is 0. The van der Waals surface area contributed by atoms with Crippen molar-refractivity contribution >= 4 is 160 Å². The number of nitro groups is 8. The maximum Gasteiger partial charge on any atom is 2.00 e. The summed E-state index contributed by atoms with van der Waals surface area (Å²) in [7, 11) is 0. The molecular weight excluding hydrogens is 1370 g/mol. The summed E-state index contributed by atoms with van der Waals surface area (Å²) in [5.41, 5.74) is -34.9. The van der Waals surface area contributed by atoms with Gasteiger partial charge < -0.3 is 20.2 Å². The molecule has 0 atom stereocenters. The summed E-state index contributed by atoms with van der Waals surface area (Å²) in [4.78, 5) is 115. The van der Waals surface area contributed by atoms with Crippen molar-refractivity contribution in [3.8, 4) is 44.5 Å². The van der Waals surface area contributed by atoms with Gasteiger partial charge in [-0.1, -0.05) is 117 Å². The maximum atomic E-state index is 13.7. The Morgan fingerprint density at radius 3 is 0.609 bits per heavy atom. The van der Waals surface area contributed by atoms with E-state index in [4.69, 9.17) is 103 Å². The van der Waals surface area contributed by atoms with Crippen molar-refractivity contribution in [2.24, 2.45) is 0 Å². The van der Waals surface area contributed by atoms with Crippen LogP contribution in [-0.2, 0) is 17.1 Å². The van der Waals surface area contributed by atoms with Crippen molar-refractivity contribution in [1.29, 1.82) is 0 Å². The molecular formula is C48H24Cl8FeN12O18. The minimum atomic E-state index is -1.83. The molecule has 39 heteroatoms. The van der Waals surface area contributed by atoms with Gasteiger partial charge in [-0.15, -0.1) is 0 Å². The van der Waals surface area contributed by atoms with Gasteiger partial charge >= 0.3 is 62.6 Å². The van der Waals surface area contributed by atoms with Gasteiger partial charge in [0.1, 0.15) is 0 Å². The quantitative estimate of drug-likeness (QED) is 0.0651. The second-order valence-electron chi connectivity index (χ2n) is 16.6. The van der Waals surface area contributed by atoms with Crippen molar-refractivity contribution in [1.82, 2.24) is 19.9 Å². The molecule has 0 saturated carbocycles. The van der Waals surface area contributed by atoms with Crippen LogP contribution in [0.4, 0.5) is 22.7 Å². The third-order valence-electron chi connectivity index (χ3n) is 11.8. The molecule has 87 heavy (non-hydrogen) atoms. The Bertz CT molecular complexity index is 3840. The predicted molar refractivity (Wildman–Crippen MR) is 315 cm³/mol. The predicted octanol–water partition coefficient (Wildman–Crippen LogP) is 13.9. The molecule has 0 fully saturated rings. The van der Waals surface area contributed by atoms with Gasteiger partial charge in [-0.25, -0.2) is 9.97 Å². The molecule has 9 rings (SSSR count). The van der Waals surface area contributed by atoms with Crippen LogP contribution in [0.15, 0.2) is 72.8 Å². The number of fused-ring (bicyclic) bond motifs is 8. The average Bonchev–Trinajstić information content (AvgIpc) is 1.58. The summed E-state index contributed by atoms with van der Waals surface area (Å²) >= 11 is 53.7. The number of hydrogen-bond donors (Lipinski definition) is 2. The molecule has 0 saturated heterocycles. The molecule has 8 bridgehead atoms. The molecule has 30 nitrogen and oxygen atoms in total. The van der Waals surface area contributed by atoms with Crippen LogP contribution < -0.4 is 9.97 Å². The third kappa shape index (κ3) is 12.0. The number of hydrogen-bond acceptors (Lipinski definition) is 20. The Balaban J connectivity index is 0.00000166. The normalized spacial score (nSPS) is 11.6. The van der Waals surface area contributed by atoms with E-state index in [1.54, 1.807) is 13.8 Å². The molecule has 0 aliphatic carbocycles. The molecule has 448 valence electrons. The largest absolute Gasteiger partial charge is 2.00 e. The van der Waals surface area contributed by atoms with E-state index < -0.39 is 214 Å². The van der Waals surface area contributed by atoms with Gasteiger partial charge in [-0.05, 0) is 84.4 Å². The van der Waals surface area contributed by atoms with Crippen molar-refractivity contribution in [2.45, 2.75) is 13.8 Å². The zero-order valence-corrected chi connectivity index (χ0v) is 49.7. The van der Waals surface area contributed by atoms with Gasteiger partial charge in [0.15, 0.2) is 22.8 Å². The number of nitrogens with zero attached hydrogens (tertiary/aromatic N) is 12. The second-order valence-corrected chi connectivity index (χ2v) is 19.9. The molecule has 4 aromatic carbocycles. The van der Waals surface area contributed by atoms with Crippen LogP contribution in [0.5, 0.6) is 0 Å². The van der Waals surface area contributed by atoms with Gasteiger partial charge in [0, 0.05) is 97.9 Å². The second kappa shape index (κ2) is 27.0. The summed E-state index contributed by atoms with van der Waals surface area (Å²) in [6, 6.07) is 12.6. The molecule has 7 aromatic rings. The number of benzene rings is 4. The first-order chi connectivity index (χ1) is 40.6. The zero-order valence-electron chi connectivity index (χ0n) is 42.5. The van der Waals surface area contributed by atoms with Crippen LogP contribution in [0.1, 0.15) is 36.6 Å². The molecule has 3 aromatic heterocycles. The number of aliphatic hydroxyl groups is 2. The Morgan fingerprint density at radius 2 is 0.483 bits per heavy atom. The minimum absolute atomic E-state index is 0. The van der Waals surface area contributed by atoms with Crippen LogP contribution in [0.3, 0.4) is 0 Å².